The molecule has 0 aromatic heterocycles. The Morgan fingerprint density at radius 3 is 1.89 bits per heavy atom. The second-order valence-corrected chi connectivity index (χ2v) is 9.11. The van der Waals surface area contributed by atoms with Crippen LogP contribution in [0.3, 0.4) is 0 Å². The largest absolute Gasteiger partial charge is 0.465 e. The fraction of sp³-hybridized carbons (Fsp3) is 0.542. The smallest absolute Gasteiger partial charge is 0.342 e. The summed E-state index contributed by atoms with van der Waals surface area (Å²) in [5.74, 6) is -0.933. The lowest BCUT2D eigenvalue weighted by molar-refractivity contribution is -0.159. The van der Waals surface area contributed by atoms with Gasteiger partial charge in [0.05, 0.1) is 18.3 Å². The first-order valence-corrected chi connectivity index (χ1v) is 9.72. The molecule has 0 radical (unpaired) electrons. The molecule has 28 heavy (non-hydrogen) atoms. The Morgan fingerprint density at radius 2 is 1.46 bits per heavy atom. The Kier molecular flexibility index (Phi) is 8.26. The van der Waals surface area contributed by atoms with Gasteiger partial charge < -0.3 is 9.47 Å². The average molecular weight is 387 g/mol. The van der Waals surface area contributed by atoms with Crippen molar-refractivity contribution in [2.24, 2.45) is 10.8 Å². The fourth-order valence-corrected chi connectivity index (χ4v) is 3.39. The van der Waals surface area contributed by atoms with Crippen molar-refractivity contribution in [1.82, 2.24) is 0 Å². The molecule has 0 spiro atoms. The van der Waals surface area contributed by atoms with E-state index in [-0.39, 0.29) is 16.9 Å². The lowest BCUT2D eigenvalue weighted by Gasteiger charge is -2.39. The molecule has 0 saturated heterocycles. The standard InChI is InChI=1S/C24H34O4/c1-9-18(21(26)28-22(23(2,3)4)24(5,6)7)16-19(20(25)27-8)15-17-13-11-10-12-14-17/h10-14,22H,9,15H2,1-8H3. The van der Waals surface area contributed by atoms with E-state index >= 15 is 0 Å². The number of methoxy groups -OCH3 is 1. The summed E-state index contributed by atoms with van der Waals surface area (Å²) in [7, 11) is 1.33. The number of hydrogen-bond donors (Lipinski definition) is 0. The minimum atomic E-state index is -0.495. The van der Waals surface area contributed by atoms with E-state index in [4.69, 9.17) is 9.47 Å². The number of esters is 2. The van der Waals surface area contributed by atoms with Gasteiger partial charge in [0.25, 0.3) is 0 Å². The van der Waals surface area contributed by atoms with E-state index in [0.717, 1.165) is 5.56 Å². The molecule has 0 saturated carbocycles. The molecule has 4 nitrogen and oxygen atoms in total. The molecule has 0 atom stereocenters. The Hall–Kier alpha value is -2.32. The number of benzene rings is 1. The van der Waals surface area contributed by atoms with Gasteiger partial charge in [-0.05, 0) is 22.8 Å². The van der Waals surface area contributed by atoms with Crippen LogP contribution in [0.15, 0.2) is 47.2 Å². The van der Waals surface area contributed by atoms with Crippen molar-refractivity contribution in [2.75, 3.05) is 7.11 Å². The van der Waals surface area contributed by atoms with E-state index in [1.165, 1.54) is 7.11 Å². The number of carbonyl (C=O) groups is 2. The van der Waals surface area contributed by atoms with Gasteiger partial charge in [-0.3, -0.25) is 0 Å². The first-order valence-electron chi connectivity index (χ1n) is 9.72. The van der Waals surface area contributed by atoms with E-state index in [1.54, 1.807) is 0 Å². The first-order chi connectivity index (χ1) is 12.9. The van der Waals surface area contributed by atoms with Crippen LogP contribution in [0.2, 0.25) is 0 Å². The van der Waals surface area contributed by atoms with Crippen LogP contribution in [-0.4, -0.2) is 25.2 Å². The topological polar surface area (TPSA) is 52.6 Å². The summed E-state index contributed by atoms with van der Waals surface area (Å²) in [6.45, 7) is 14.2. The van der Waals surface area contributed by atoms with Crippen LogP contribution in [-0.2, 0) is 25.5 Å². The van der Waals surface area contributed by atoms with Gasteiger partial charge in [-0.25, -0.2) is 9.59 Å². The molecule has 4 heteroatoms. The molecule has 154 valence electrons. The lowest BCUT2D eigenvalue weighted by atomic mass is 9.74. The SMILES string of the molecule is CCC(=C=C(Cc1ccccc1)C(=O)OC)C(=O)OC(C(C)(C)C)C(C)(C)C. The maximum atomic E-state index is 12.9. The molecule has 1 rings (SSSR count). The molecule has 0 aliphatic rings. The Bertz CT molecular complexity index is 725. The molecule has 0 fully saturated rings. The zero-order valence-corrected chi connectivity index (χ0v) is 18.5. The van der Waals surface area contributed by atoms with Crippen LogP contribution in [0.1, 0.15) is 60.5 Å². The molecular formula is C24H34O4. The van der Waals surface area contributed by atoms with Crippen molar-refractivity contribution >= 4 is 11.9 Å². The predicted octanol–water partition coefficient (Wildman–Crippen LogP) is 5.27. The highest BCUT2D eigenvalue weighted by Gasteiger charge is 2.38. The Balaban J connectivity index is 3.31. The molecule has 0 aliphatic carbocycles. The van der Waals surface area contributed by atoms with Crippen LogP contribution < -0.4 is 0 Å². The third-order valence-electron chi connectivity index (χ3n) is 4.36. The quantitative estimate of drug-likeness (QED) is 0.380. The van der Waals surface area contributed by atoms with Gasteiger partial charge in [-0.1, -0.05) is 84.5 Å². The van der Waals surface area contributed by atoms with Crippen LogP contribution in [0.5, 0.6) is 0 Å². The summed E-state index contributed by atoms with van der Waals surface area (Å²) in [5.41, 5.74) is 4.16. The Labute approximate surface area is 169 Å². The van der Waals surface area contributed by atoms with Gasteiger partial charge in [0.1, 0.15) is 6.10 Å². The number of hydrogen-bond acceptors (Lipinski definition) is 4. The van der Waals surface area contributed by atoms with Gasteiger partial charge >= 0.3 is 11.9 Å². The highest BCUT2D eigenvalue weighted by Crippen LogP contribution is 2.36. The fourth-order valence-electron chi connectivity index (χ4n) is 3.39. The van der Waals surface area contributed by atoms with Crippen LogP contribution in [0.4, 0.5) is 0 Å². The molecule has 0 unspecified atom stereocenters. The third-order valence-corrected chi connectivity index (χ3v) is 4.36. The van der Waals surface area contributed by atoms with Gasteiger partial charge in [-0.15, -0.1) is 0 Å². The molecule has 0 N–H and O–H groups in total. The zero-order chi connectivity index (χ0) is 21.5. The van der Waals surface area contributed by atoms with Crippen LogP contribution in [0.25, 0.3) is 0 Å². The van der Waals surface area contributed by atoms with Crippen molar-refractivity contribution in [3.05, 3.63) is 52.8 Å². The summed E-state index contributed by atoms with van der Waals surface area (Å²) in [4.78, 5) is 25.1. The minimum absolute atomic E-state index is 0.217. The van der Waals surface area contributed by atoms with Gasteiger partial charge in [-0.2, -0.15) is 0 Å². The molecule has 1 aromatic carbocycles. The molecular weight excluding hydrogens is 352 g/mol. The third kappa shape index (κ3) is 7.01. The van der Waals surface area contributed by atoms with E-state index in [2.05, 4.69) is 47.3 Å². The summed E-state index contributed by atoms with van der Waals surface area (Å²) >= 11 is 0. The molecule has 0 bridgehead atoms. The van der Waals surface area contributed by atoms with E-state index in [1.807, 2.05) is 37.3 Å². The maximum absolute atomic E-state index is 12.9. The average Bonchev–Trinajstić information content (AvgIpc) is 2.61. The monoisotopic (exact) mass is 386 g/mol. The molecule has 0 heterocycles. The highest BCUT2D eigenvalue weighted by molar-refractivity contribution is 5.93. The summed E-state index contributed by atoms with van der Waals surface area (Å²) < 4.78 is 10.8. The minimum Gasteiger partial charge on any atom is -0.465 e. The van der Waals surface area contributed by atoms with Crippen LogP contribution >= 0.6 is 0 Å². The van der Waals surface area contributed by atoms with E-state index in [0.29, 0.717) is 24.0 Å². The number of ether oxygens (including phenoxy) is 2. The lowest BCUT2D eigenvalue weighted by Crippen LogP contribution is -2.42. The second-order valence-electron chi connectivity index (χ2n) is 9.11. The first kappa shape index (κ1) is 23.7. The van der Waals surface area contributed by atoms with Gasteiger partial charge in [0.2, 0.25) is 0 Å². The van der Waals surface area contributed by atoms with E-state index in [9.17, 15) is 9.59 Å². The van der Waals surface area contributed by atoms with Crippen molar-refractivity contribution in [2.45, 2.75) is 67.4 Å². The number of rotatable bonds is 6. The van der Waals surface area contributed by atoms with E-state index < -0.39 is 11.9 Å². The molecule has 1 aromatic rings. The molecule has 0 aliphatic heterocycles. The normalized spacial score (nSPS) is 11.6. The van der Waals surface area contributed by atoms with Crippen LogP contribution in [0, 0.1) is 10.8 Å². The second kappa shape index (κ2) is 9.75. The highest BCUT2D eigenvalue weighted by atomic mass is 16.5. The van der Waals surface area contributed by atoms with Crippen molar-refractivity contribution in [1.29, 1.82) is 0 Å². The summed E-state index contributed by atoms with van der Waals surface area (Å²) in [6, 6.07) is 9.56. The van der Waals surface area contributed by atoms with Crippen molar-refractivity contribution in [3.8, 4) is 0 Å². The number of carbonyl (C=O) groups excluding carboxylic acids is 2. The maximum Gasteiger partial charge on any atom is 0.342 e. The van der Waals surface area contributed by atoms with Crippen molar-refractivity contribution in [3.63, 3.8) is 0 Å². The Morgan fingerprint density at radius 1 is 0.929 bits per heavy atom. The zero-order valence-electron chi connectivity index (χ0n) is 18.5. The predicted molar refractivity (Wildman–Crippen MR) is 112 cm³/mol. The molecule has 0 amide bonds. The van der Waals surface area contributed by atoms with Crippen molar-refractivity contribution < 1.29 is 19.1 Å². The summed E-state index contributed by atoms with van der Waals surface area (Å²) in [6.07, 6.45) is 0.466. The van der Waals surface area contributed by atoms with Gasteiger partial charge in [0.15, 0.2) is 0 Å². The van der Waals surface area contributed by atoms with Gasteiger partial charge in [0, 0.05) is 6.42 Å². The summed E-state index contributed by atoms with van der Waals surface area (Å²) in [5, 5.41) is 0.